The third-order valence-electron chi connectivity index (χ3n) is 3.20. The topological polar surface area (TPSA) is 29.1 Å². The highest BCUT2D eigenvalue weighted by atomic mass is 16.1. The van der Waals surface area contributed by atoms with Gasteiger partial charge in [0.15, 0.2) is 0 Å². The van der Waals surface area contributed by atoms with E-state index in [1.807, 2.05) is 0 Å². The lowest BCUT2D eigenvalue weighted by Crippen LogP contribution is -2.30. The largest absolute Gasteiger partial charge is 0.310 e. The fourth-order valence-electron chi connectivity index (χ4n) is 2.11. The van der Waals surface area contributed by atoms with Crippen molar-refractivity contribution in [2.24, 2.45) is 11.8 Å². The summed E-state index contributed by atoms with van der Waals surface area (Å²) in [6, 6.07) is 0. The Morgan fingerprint density at radius 1 is 1.29 bits per heavy atom. The number of rotatable bonds is 5. The predicted octanol–water partition coefficient (Wildman–Crippen LogP) is 2.38. The number of Topliss-reactive ketones (excluding diaryl/α,β-unsaturated/α-hetero) is 1. The van der Waals surface area contributed by atoms with Gasteiger partial charge in [-0.2, -0.15) is 0 Å². The normalized spacial score (nSPS) is 27.6. The number of nitrogens with one attached hydrogen (secondary N) is 1. The standard InChI is InChI=1S/C12H23NO/c1-3-8-13-9-12(14)11-6-4-10(2)5-7-11/h10-11,13H,3-9H2,1-2H3. The van der Waals surface area contributed by atoms with Crippen molar-refractivity contribution in [2.75, 3.05) is 13.1 Å². The van der Waals surface area contributed by atoms with Gasteiger partial charge < -0.3 is 5.32 Å². The highest BCUT2D eigenvalue weighted by molar-refractivity contribution is 5.83. The van der Waals surface area contributed by atoms with Crippen LogP contribution < -0.4 is 5.32 Å². The zero-order valence-electron chi connectivity index (χ0n) is 9.51. The van der Waals surface area contributed by atoms with E-state index in [4.69, 9.17) is 0 Å². The van der Waals surface area contributed by atoms with Gasteiger partial charge in [-0.05, 0) is 31.7 Å². The van der Waals surface area contributed by atoms with E-state index < -0.39 is 0 Å². The van der Waals surface area contributed by atoms with Crippen LogP contribution in [0.3, 0.4) is 0 Å². The van der Waals surface area contributed by atoms with Crippen LogP contribution in [0.25, 0.3) is 0 Å². The minimum atomic E-state index is 0.357. The summed E-state index contributed by atoms with van der Waals surface area (Å²) in [5, 5.41) is 3.19. The van der Waals surface area contributed by atoms with Crippen molar-refractivity contribution in [3.63, 3.8) is 0 Å². The quantitative estimate of drug-likeness (QED) is 0.686. The van der Waals surface area contributed by atoms with Gasteiger partial charge in [0.2, 0.25) is 0 Å². The van der Waals surface area contributed by atoms with Gasteiger partial charge in [-0.15, -0.1) is 0 Å². The van der Waals surface area contributed by atoms with Crippen molar-refractivity contribution in [3.8, 4) is 0 Å². The molecule has 2 nitrogen and oxygen atoms in total. The van der Waals surface area contributed by atoms with Gasteiger partial charge in [-0.1, -0.05) is 26.7 Å². The van der Waals surface area contributed by atoms with Crippen molar-refractivity contribution in [3.05, 3.63) is 0 Å². The van der Waals surface area contributed by atoms with Gasteiger partial charge in [-0.25, -0.2) is 0 Å². The first-order valence-corrected chi connectivity index (χ1v) is 5.97. The molecule has 82 valence electrons. The molecule has 1 saturated carbocycles. The Balaban J connectivity index is 2.17. The molecule has 2 heteroatoms. The maximum Gasteiger partial charge on any atom is 0.149 e. The third-order valence-corrected chi connectivity index (χ3v) is 3.20. The zero-order chi connectivity index (χ0) is 10.4. The summed E-state index contributed by atoms with van der Waals surface area (Å²) >= 11 is 0. The molecule has 0 saturated heterocycles. The molecule has 1 N–H and O–H groups in total. The second kappa shape index (κ2) is 6.18. The van der Waals surface area contributed by atoms with E-state index in [1.165, 1.54) is 12.8 Å². The van der Waals surface area contributed by atoms with Crippen LogP contribution >= 0.6 is 0 Å². The Morgan fingerprint density at radius 2 is 1.93 bits per heavy atom. The first kappa shape index (κ1) is 11.7. The van der Waals surface area contributed by atoms with Gasteiger partial charge in [0, 0.05) is 5.92 Å². The summed E-state index contributed by atoms with van der Waals surface area (Å²) in [6.45, 7) is 5.97. The lowest BCUT2D eigenvalue weighted by Gasteiger charge is -2.25. The fraction of sp³-hybridized carbons (Fsp3) is 0.917. The molecule has 1 fully saturated rings. The van der Waals surface area contributed by atoms with E-state index in [0.29, 0.717) is 18.2 Å². The number of carbonyl (C=O) groups is 1. The smallest absolute Gasteiger partial charge is 0.149 e. The minimum absolute atomic E-state index is 0.357. The Hall–Kier alpha value is -0.370. The van der Waals surface area contributed by atoms with E-state index in [0.717, 1.165) is 31.7 Å². The van der Waals surface area contributed by atoms with Crippen LogP contribution in [0.1, 0.15) is 46.0 Å². The van der Waals surface area contributed by atoms with E-state index in [-0.39, 0.29) is 0 Å². The lowest BCUT2D eigenvalue weighted by molar-refractivity contribution is -0.123. The Bertz CT molecular complexity index is 171. The maximum absolute atomic E-state index is 11.7. The molecule has 1 aliphatic rings. The predicted molar refractivity (Wildman–Crippen MR) is 59.3 cm³/mol. The molecule has 0 aromatic carbocycles. The molecule has 0 aromatic heterocycles. The fourth-order valence-corrected chi connectivity index (χ4v) is 2.11. The Labute approximate surface area is 87.5 Å². The van der Waals surface area contributed by atoms with Gasteiger partial charge in [0.05, 0.1) is 6.54 Å². The molecule has 0 spiro atoms. The Kier molecular flexibility index (Phi) is 5.16. The van der Waals surface area contributed by atoms with Crippen molar-refractivity contribution in [2.45, 2.75) is 46.0 Å². The average molecular weight is 197 g/mol. The molecule has 0 heterocycles. The molecule has 0 unspecified atom stereocenters. The number of ketones is 1. The SMILES string of the molecule is CCCNCC(=O)C1CCC(C)CC1. The van der Waals surface area contributed by atoms with Crippen LogP contribution in [0.5, 0.6) is 0 Å². The van der Waals surface area contributed by atoms with Crippen LogP contribution in [0.15, 0.2) is 0 Å². The average Bonchev–Trinajstić information content (AvgIpc) is 2.19. The molecule has 14 heavy (non-hydrogen) atoms. The van der Waals surface area contributed by atoms with Gasteiger partial charge in [-0.3, -0.25) is 4.79 Å². The van der Waals surface area contributed by atoms with Gasteiger partial charge in [0.1, 0.15) is 5.78 Å². The second-order valence-corrected chi connectivity index (χ2v) is 4.60. The van der Waals surface area contributed by atoms with Crippen LogP contribution in [0.4, 0.5) is 0 Å². The first-order valence-electron chi connectivity index (χ1n) is 5.97. The van der Waals surface area contributed by atoms with Crippen molar-refractivity contribution >= 4 is 5.78 Å². The van der Waals surface area contributed by atoms with E-state index >= 15 is 0 Å². The molecule has 0 radical (unpaired) electrons. The highest BCUT2D eigenvalue weighted by Crippen LogP contribution is 2.28. The van der Waals surface area contributed by atoms with Crippen molar-refractivity contribution in [1.29, 1.82) is 0 Å². The first-order chi connectivity index (χ1) is 6.74. The molecule has 1 aliphatic carbocycles. The molecular formula is C12H23NO. The number of hydrogen-bond acceptors (Lipinski definition) is 2. The molecule has 1 rings (SSSR count). The summed E-state index contributed by atoms with van der Waals surface area (Å²) < 4.78 is 0. The van der Waals surface area contributed by atoms with Crippen molar-refractivity contribution in [1.82, 2.24) is 5.32 Å². The molecular weight excluding hydrogens is 174 g/mol. The molecule has 0 bridgehead atoms. The molecule has 0 atom stereocenters. The summed E-state index contributed by atoms with van der Waals surface area (Å²) in [7, 11) is 0. The van der Waals surface area contributed by atoms with E-state index in [2.05, 4.69) is 19.2 Å². The van der Waals surface area contributed by atoms with Crippen LogP contribution in [-0.4, -0.2) is 18.9 Å². The summed E-state index contributed by atoms with van der Waals surface area (Å²) in [5.74, 6) is 1.63. The summed E-state index contributed by atoms with van der Waals surface area (Å²) in [6.07, 6.45) is 5.82. The third kappa shape index (κ3) is 3.79. The number of hydrogen-bond donors (Lipinski definition) is 1. The Morgan fingerprint density at radius 3 is 2.50 bits per heavy atom. The van der Waals surface area contributed by atoms with Crippen LogP contribution in [-0.2, 0) is 4.79 Å². The summed E-state index contributed by atoms with van der Waals surface area (Å²) in [4.78, 5) is 11.7. The molecule has 0 aliphatic heterocycles. The lowest BCUT2D eigenvalue weighted by atomic mass is 9.81. The minimum Gasteiger partial charge on any atom is -0.310 e. The zero-order valence-corrected chi connectivity index (χ0v) is 9.51. The summed E-state index contributed by atoms with van der Waals surface area (Å²) in [5.41, 5.74) is 0. The van der Waals surface area contributed by atoms with Gasteiger partial charge in [0.25, 0.3) is 0 Å². The van der Waals surface area contributed by atoms with Crippen LogP contribution in [0.2, 0.25) is 0 Å². The molecule has 0 amide bonds. The monoisotopic (exact) mass is 197 g/mol. The second-order valence-electron chi connectivity index (χ2n) is 4.60. The maximum atomic E-state index is 11.7. The van der Waals surface area contributed by atoms with Gasteiger partial charge >= 0.3 is 0 Å². The number of carbonyl (C=O) groups excluding carboxylic acids is 1. The van der Waals surface area contributed by atoms with E-state index in [1.54, 1.807) is 0 Å². The molecule has 0 aromatic rings. The van der Waals surface area contributed by atoms with Crippen LogP contribution in [0, 0.1) is 11.8 Å². The highest BCUT2D eigenvalue weighted by Gasteiger charge is 2.23. The van der Waals surface area contributed by atoms with Crippen molar-refractivity contribution < 1.29 is 4.79 Å². The van der Waals surface area contributed by atoms with E-state index in [9.17, 15) is 4.79 Å².